The van der Waals surface area contributed by atoms with E-state index in [0.29, 0.717) is 11.5 Å². The number of hydrogen-bond donors (Lipinski definition) is 0. The molecule has 3 aromatic rings. The van der Waals surface area contributed by atoms with Crippen molar-refractivity contribution < 1.29 is 9.13 Å². The Hall–Kier alpha value is -2.42. The van der Waals surface area contributed by atoms with Gasteiger partial charge in [-0.05, 0) is 29.0 Å². The minimum Gasteiger partial charge on any atom is -0.457 e. The summed E-state index contributed by atoms with van der Waals surface area (Å²) < 4.78 is 18.5. The van der Waals surface area contributed by atoms with Gasteiger partial charge in [-0.25, -0.2) is 4.98 Å². The molecule has 3 rings (SSSR count). The van der Waals surface area contributed by atoms with Gasteiger partial charge in [0.15, 0.2) is 0 Å². The number of fused-ring (bicyclic) bond motifs is 1. The highest BCUT2D eigenvalue weighted by Crippen LogP contribution is 2.25. The molecule has 1 aromatic heterocycles. The molecule has 0 aliphatic rings. The summed E-state index contributed by atoms with van der Waals surface area (Å²) in [6.07, 6.45) is 1.38. The summed E-state index contributed by atoms with van der Waals surface area (Å²) in [4.78, 5) is 3.48. The quantitative estimate of drug-likeness (QED) is 0.626. The second kappa shape index (κ2) is 4.45. The van der Waals surface area contributed by atoms with Crippen LogP contribution in [0.4, 0.5) is 4.39 Å². The molecule has 88 valence electrons. The highest BCUT2D eigenvalue weighted by molar-refractivity contribution is 5.83. The van der Waals surface area contributed by atoms with Crippen LogP contribution in [-0.4, -0.2) is 4.98 Å². The van der Waals surface area contributed by atoms with Gasteiger partial charge < -0.3 is 4.74 Å². The molecular weight excluding hydrogens is 229 g/mol. The zero-order valence-electron chi connectivity index (χ0n) is 9.51. The van der Waals surface area contributed by atoms with E-state index in [1.807, 2.05) is 42.5 Å². The van der Waals surface area contributed by atoms with E-state index in [2.05, 4.69) is 4.98 Å². The summed E-state index contributed by atoms with van der Waals surface area (Å²) in [5.41, 5.74) is 0. The second-order valence-electron chi connectivity index (χ2n) is 3.93. The van der Waals surface area contributed by atoms with Crippen molar-refractivity contribution in [2.45, 2.75) is 0 Å². The third-order valence-corrected chi connectivity index (χ3v) is 2.65. The number of pyridine rings is 1. The maximum absolute atomic E-state index is 12.9. The first-order valence-corrected chi connectivity index (χ1v) is 5.59. The molecule has 0 aliphatic carbocycles. The zero-order valence-corrected chi connectivity index (χ0v) is 9.51. The first kappa shape index (κ1) is 10.7. The van der Waals surface area contributed by atoms with Gasteiger partial charge in [0.1, 0.15) is 11.5 Å². The van der Waals surface area contributed by atoms with Gasteiger partial charge in [0, 0.05) is 12.3 Å². The molecular formula is C15H10FNO. The number of rotatable bonds is 2. The molecule has 0 unspecified atom stereocenters. The Morgan fingerprint density at radius 2 is 1.61 bits per heavy atom. The Morgan fingerprint density at radius 1 is 0.833 bits per heavy atom. The monoisotopic (exact) mass is 239 g/mol. The summed E-state index contributed by atoms with van der Waals surface area (Å²) in [6, 6.07) is 16.6. The van der Waals surface area contributed by atoms with Crippen molar-refractivity contribution in [2.75, 3.05) is 0 Å². The third-order valence-electron chi connectivity index (χ3n) is 2.65. The van der Waals surface area contributed by atoms with Gasteiger partial charge in [0.05, 0.1) is 0 Å². The lowest BCUT2D eigenvalue weighted by Crippen LogP contribution is -1.87. The lowest BCUT2D eigenvalue weighted by molar-refractivity contribution is 0.473. The van der Waals surface area contributed by atoms with Gasteiger partial charge in [0.2, 0.25) is 5.95 Å². The maximum atomic E-state index is 12.9. The van der Waals surface area contributed by atoms with E-state index in [0.717, 1.165) is 10.8 Å². The van der Waals surface area contributed by atoms with Crippen molar-refractivity contribution in [3.05, 3.63) is 66.7 Å². The first-order valence-electron chi connectivity index (χ1n) is 5.59. The van der Waals surface area contributed by atoms with E-state index >= 15 is 0 Å². The fraction of sp³-hybridized carbons (Fsp3) is 0. The van der Waals surface area contributed by atoms with Gasteiger partial charge in [-0.2, -0.15) is 4.39 Å². The second-order valence-corrected chi connectivity index (χ2v) is 3.93. The Kier molecular flexibility index (Phi) is 2.65. The molecule has 0 bridgehead atoms. The summed E-state index contributed by atoms with van der Waals surface area (Å²) in [7, 11) is 0. The molecule has 3 heteroatoms. The van der Waals surface area contributed by atoms with E-state index in [-0.39, 0.29) is 0 Å². The van der Waals surface area contributed by atoms with Crippen LogP contribution in [-0.2, 0) is 0 Å². The van der Waals surface area contributed by atoms with E-state index in [9.17, 15) is 4.39 Å². The van der Waals surface area contributed by atoms with Crippen molar-refractivity contribution in [3.8, 4) is 11.5 Å². The van der Waals surface area contributed by atoms with Crippen molar-refractivity contribution in [1.82, 2.24) is 4.98 Å². The largest absolute Gasteiger partial charge is 0.457 e. The first-order chi connectivity index (χ1) is 8.81. The summed E-state index contributed by atoms with van der Waals surface area (Å²) in [6.45, 7) is 0. The standard InChI is InChI=1S/C15H10FNO/c16-15-10-14(7-8-17-15)18-13-6-5-11-3-1-2-4-12(11)9-13/h1-10H. The van der Waals surface area contributed by atoms with Gasteiger partial charge in [-0.3, -0.25) is 0 Å². The van der Waals surface area contributed by atoms with Crippen LogP contribution in [0, 0.1) is 5.95 Å². The smallest absolute Gasteiger partial charge is 0.216 e. The van der Waals surface area contributed by atoms with Crippen molar-refractivity contribution >= 4 is 10.8 Å². The number of benzene rings is 2. The van der Waals surface area contributed by atoms with Crippen molar-refractivity contribution in [1.29, 1.82) is 0 Å². The van der Waals surface area contributed by atoms with Crippen LogP contribution in [0.1, 0.15) is 0 Å². The number of ether oxygens (including phenoxy) is 1. The summed E-state index contributed by atoms with van der Waals surface area (Å²) >= 11 is 0. The highest BCUT2D eigenvalue weighted by atomic mass is 19.1. The molecule has 0 atom stereocenters. The Labute approximate surface area is 104 Å². The lowest BCUT2D eigenvalue weighted by Gasteiger charge is -2.06. The molecule has 0 aliphatic heterocycles. The fourth-order valence-electron chi connectivity index (χ4n) is 1.82. The molecule has 0 spiro atoms. The van der Waals surface area contributed by atoms with Crippen molar-refractivity contribution in [2.24, 2.45) is 0 Å². The average molecular weight is 239 g/mol. The van der Waals surface area contributed by atoms with Gasteiger partial charge in [0.25, 0.3) is 0 Å². The van der Waals surface area contributed by atoms with Crippen LogP contribution < -0.4 is 4.74 Å². The predicted molar refractivity (Wildman–Crippen MR) is 68.2 cm³/mol. The zero-order chi connectivity index (χ0) is 12.4. The molecule has 0 saturated carbocycles. The van der Waals surface area contributed by atoms with Crippen LogP contribution in [0.25, 0.3) is 10.8 Å². The van der Waals surface area contributed by atoms with E-state index < -0.39 is 5.95 Å². The van der Waals surface area contributed by atoms with Crippen molar-refractivity contribution in [3.63, 3.8) is 0 Å². The van der Waals surface area contributed by atoms with Gasteiger partial charge in [-0.15, -0.1) is 0 Å². The molecule has 0 N–H and O–H groups in total. The maximum Gasteiger partial charge on any atom is 0.216 e. The van der Waals surface area contributed by atoms with Gasteiger partial charge >= 0.3 is 0 Å². The molecule has 2 nitrogen and oxygen atoms in total. The van der Waals surface area contributed by atoms with Crippen LogP contribution in [0.5, 0.6) is 11.5 Å². The Balaban J connectivity index is 1.95. The molecule has 0 radical (unpaired) electrons. The number of halogens is 1. The Morgan fingerprint density at radius 3 is 2.44 bits per heavy atom. The van der Waals surface area contributed by atoms with Crippen LogP contribution in [0.3, 0.4) is 0 Å². The fourth-order valence-corrected chi connectivity index (χ4v) is 1.82. The summed E-state index contributed by atoms with van der Waals surface area (Å²) in [5, 5.41) is 2.23. The van der Waals surface area contributed by atoms with E-state index in [1.165, 1.54) is 12.3 Å². The normalized spacial score (nSPS) is 10.5. The lowest BCUT2D eigenvalue weighted by atomic mass is 10.1. The highest BCUT2D eigenvalue weighted by Gasteiger charge is 2.00. The van der Waals surface area contributed by atoms with Crippen LogP contribution >= 0.6 is 0 Å². The molecule has 0 fully saturated rings. The van der Waals surface area contributed by atoms with Crippen LogP contribution in [0.2, 0.25) is 0 Å². The van der Waals surface area contributed by atoms with E-state index in [1.54, 1.807) is 6.07 Å². The topological polar surface area (TPSA) is 22.1 Å². The molecule has 0 saturated heterocycles. The number of hydrogen-bond acceptors (Lipinski definition) is 2. The molecule has 1 heterocycles. The molecule has 2 aromatic carbocycles. The van der Waals surface area contributed by atoms with Crippen LogP contribution in [0.15, 0.2) is 60.8 Å². The Bertz CT molecular complexity index is 697. The minimum atomic E-state index is -0.548. The minimum absolute atomic E-state index is 0.442. The van der Waals surface area contributed by atoms with E-state index in [4.69, 9.17) is 4.74 Å². The SMILES string of the molecule is Fc1cc(Oc2ccc3ccccc3c2)ccn1. The third kappa shape index (κ3) is 2.15. The average Bonchev–Trinajstić information content (AvgIpc) is 2.39. The number of aromatic nitrogens is 1. The summed E-state index contributed by atoms with van der Waals surface area (Å²) in [5.74, 6) is 0.574. The molecule has 18 heavy (non-hydrogen) atoms. The molecule has 0 amide bonds. The number of nitrogens with zero attached hydrogens (tertiary/aromatic N) is 1. The predicted octanol–water partition coefficient (Wildman–Crippen LogP) is 4.17. The van der Waals surface area contributed by atoms with Gasteiger partial charge in [-0.1, -0.05) is 30.3 Å².